The molecule has 3 heteroatoms. The summed E-state index contributed by atoms with van der Waals surface area (Å²) in [5.74, 6) is -0.0942. The molecule has 1 aliphatic carbocycles. The van der Waals surface area contributed by atoms with Gasteiger partial charge in [0, 0.05) is 17.3 Å². The molecule has 3 nitrogen and oxygen atoms in total. The molecule has 0 amide bonds. The molecule has 0 radical (unpaired) electrons. The third kappa shape index (κ3) is 11.7. The van der Waals surface area contributed by atoms with Crippen LogP contribution in [0.2, 0.25) is 0 Å². The van der Waals surface area contributed by atoms with Crippen LogP contribution in [0.1, 0.15) is 139 Å². The van der Waals surface area contributed by atoms with Gasteiger partial charge in [-0.05, 0) is 218 Å². The number of rotatable bonds is 9. The first kappa shape index (κ1) is 63.0. The minimum absolute atomic E-state index is 0.0862. The molecule has 0 unspecified atom stereocenters. The van der Waals surface area contributed by atoms with Crippen LogP contribution in [0.5, 0.6) is 0 Å². The zero-order valence-electron chi connectivity index (χ0n) is 59.3. The number of fused-ring (bicyclic) bond motifs is 6. The van der Waals surface area contributed by atoms with Gasteiger partial charge in [-0.2, -0.15) is 0 Å². The number of hydrogen-bond donors (Lipinski definition) is 0. The molecule has 0 bridgehead atoms. The van der Waals surface area contributed by atoms with Crippen molar-refractivity contribution in [2.45, 2.75) is 117 Å². The molecule has 0 N–H and O–H groups in total. The first-order chi connectivity index (χ1) is 47.6. The molecule has 0 saturated heterocycles. The van der Waals surface area contributed by atoms with E-state index in [4.69, 9.17) is 0 Å². The maximum atomic E-state index is 2.65. The Labute approximate surface area is 587 Å². The van der Waals surface area contributed by atoms with E-state index in [0.29, 0.717) is 0 Å². The average Bonchev–Trinajstić information content (AvgIpc) is 0.691. The molecule has 2 heterocycles. The first-order valence-corrected chi connectivity index (χ1v) is 35.4. The lowest BCUT2D eigenvalue weighted by molar-refractivity contribution is 0.568. The van der Waals surface area contributed by atoms with Crippen molar-refractivity contribution >= 4 is 51.2 Å². The fourth-order valence-corrected chi connectivity index (χ4v) is 15.4. The predicted molar refractivity (Wildman–Crippen MR) is 422 cm³/mol. The summed E-state index contributed by atoms with van der Waals surface area (Å²) in [5, 5.41) is 0. The Hall–Kier alpha value is -10.7. The second-order valence-electron chi connectivity index (χ2n) is 31.9. The monoisotopic (exact) mass is 1280 g/mol. The van der Waals surface area contributed by atoms with Crippen molar-refractivity contribution in [3.8, 4) is 66.8 Å². The molecule has 16 rings (SSSR count). The van der Waals surface area contributed by atoms with Crippen molar-refractivity contribution < 1.29 is 0 Å². The molecule has 13 aromatic rings. The highest BCUT2D eigenvalue weighted by Crippen LogP contribution is 2.66. The van der Waals surface area contributed by atoms with Crippen LogP contribution in [0.4, 0.5) is 51.2 Å². The lowest BCUT2D eigenvalue weighted by Gasteiger charge is -2.48. The van der Waals surface area contributed by atoms with Crippen LogP contribution in [-0.2, 0) is 28.1 Å². The molecule has 0 fully saturated rings. The second kappa shape index (κ2) is 24.1. The van der Waals surface area contributed by atoms with Crippen molar-refractivity contribution in [3.05, 3.63) is 341 Å². The Morgan fingerprint density at radius 2 is 0.535 bits per heavy atom. The average molecular weight is 1280 g/mol. The van der Waals surface area contributed by atoms with Crippen molar-refractivity contribution in [2.75, 3.05) is 14.7 Å². The molecular formula is C96H87N3. The van der Waals surface area contributed by atoms with Crippen LogP contribution in [0.25, 0.3) is 66.8 Å². The van der Waals surface area contributed by atoms with E-state index >= 15 is 0 Å². The van der Waals surface area contributed by atoms with Gasteiger partial charge < -0.3 is 14.7 Å². The molecule has 2 aliphatic heterocycles. The van der Waals surface area contributed by atoms with Crippen molar-refractivity contribution in [3.63, 3.8) is 0 Å². The normalized spacial score (nSPS) is 13.5. The smallest absolute Gasteiger partial charge is 0.0948 e. The molecule has 0 spiro atoms. The summed E-state index contributed by atoms with van der Waals surface area (Å²) < 4.78 is 0. The zero-order chi connectivity index (χ0) is 68.3. The fraction of sp³-hybridized carbons (Fsp3) is 0.188. The van der Waals surface area contributed by atoms with Gasteiger partial charge in [-0.25, -0.2) is 0 Å². The molecule has 0 atom stereocenters. The second-order valence-corrected chi connectivity index (χ2v) is 31.9. The molecular weight excluding hydrogens is 1200 g/mol. The largest absolute Gasteiger partial charge is 0.306 e. The molecule has 3 aliphatic rings. The maximum Gasteiger partial charge on any atom is 0.0948 e. The van der Waals surface area contributed by atoms with Gasteiger partial charge in [0.25, 0.3) is 0 Å². The van der Waals surface area contributed by atoms with Gasteiger partial charge in [0.1, 0.15) is 0 Å². The topological polar surface area (TPSA) is 9.72 Å². The molecule has 13 aromatic carbocycles. The highest BCUT2D eigenvalue weighted by molar-refractivity contribution is 6.14. The third-order valence-electron chi connectivity index (χ3n) is 20.9. The Kier molecular flexibility index (Phi) is 15.3. The number of hydrogen-bond acceptors (Lipinski definition) is 3. The van der Waals surface area contributed by atoms with Gasteiger partial charge in [-0.1, -0.05) is 301 Å². The summed E-state index contributed by atoms with van der Waals surface area (Å²) in [6.45, 7) is 28.2. The predicted octanol–water partition coefficient (Wildman–Crippen LogP) is 27.0. The Morgan fingerprint density at radius 1 is 0.232 bits per heavy atom. The van der Waals surface area contributed by atoms with Gasteiger partial charge in [0.05, 0.1) is 39.8 Å². The van der Waals surface area contributed by atoms with E-state index in [1.54, 1.807) is 0 Å². The first-order valence-electron chi connectivity index (χ1n) is 35.4. The van der Waals surface area contributed by atoms with E-state index in [9.17, 15) is 0 Å². The van der Waals surface area contributed by atoms with Crippen molar-refractivity contribution in [1.29, 1.82) is 0 Å². The van der Waals surface area contributed by atoms with Crippen LogP contribution in [0.3, 0.4) is 0 Å². The maximum absolute atomic E-state index is 2.65. The fourth-order valence-electron chi connectivity index (χ4n) is 15.4. The standard InChI is InChI=1S/C96H87N3/c1-93(2,3)77-48-74(49-78(60-77)94(4,5)6)66-41-43-85-87(56-66)97(81-52-70(62-29-17-13-18-30-62)46-71(53-81)63-31-19-14-20-32-63)89-58-76(91-83-39-27-25-37-68(83)45-69-38-26-28-40-84(69)91)59-90-92(89)99(85)86-44-42-67(75-50-79(95(7,8)9)61-80(51-75)96(10,11)12)57-88(86)98(90)82-54-72(64-33-21-15-22-34-64)47-73(55-82)65-35-23-16-24-36-65/h13-44,46-61,91H,45H2,1-12H3. The van der Waals surface area contributed by atoms with Gasteiger partial charge in [0.15, 0.2) is 0 Å². The van der Waals surface area contributed by atoms with Crippen molar-refractivity contribution in [2.24, 2.45) is 0 Å². The summed E-state index contributed by atoms with van der Waals surface area (Å²) >= 11 is 0. The van der Waals surface area contributed by atoms with Crippen LogP contribution >= 0.6 is 0 Å². The van der Waals surface area contributed by atoms with Crippen LogP contribution < -0.4 is 14.7 Å². The van der Waals surface area contributed by atoms with E-state index in [-0.39, 0.29) is 27.6 Å². The zero-order valence-corrected chi connectivity index (χ0v) is 59.3. The number of nitrogens with zero attached hydrogens (tertiary/aromatic N) is 3. The summed E-state index contributed by atoms with van der Waals surface area (Å²) in [6.07, 6.45) is 0.878. The Balaban J connectivity index is 1.07. The molecule has 0 aromatic heterocycles. The quantitative estimate of drug-likeness (QED) is 0.143. The third-order valence-corrected chi connectivity index (χ3v) is 20.9. The van der Waals surface area contributed by atoms with E-state index in [1.807, 2.05) is 0 Å². The summed E-state index contributed by atoms with van der Waals surface area (Å²) in [7, 11) is 0. The van der Waals surface area contributed by atoms with Crippen LogP contribution in [0, 0.1) is 0 Å². The summed E-state index contributed by atoms with van der Waals surface area (Å²) in [4.78, 5) is 7.93. The van der Waals surface area contributed by atoms with E-state index in [2.05, 4.69) is 389 Å². The summed E-state index contributed by atoms with van der Waals surface area (Å²) in [5.41, 5.74) is 35.5. The van der Waals surface area contributed by atoms with Gasteiger partial charge in [0.2, 0.25) is 0 Å². The van der Waals surface area contributed by atoms with E-state index in [1.165, 1.54) is 72.3 Å². The Bertz CT molecular complexity index is 4760. The summed E-state index contributed by atoms with van der Waals surface area (Å²) in [6, 6.07) is 111. The van der Waals surface area contributed by atoms with E-state index < -0.39 is 0 Å². The number of benzene rings is 13. The van der Waals surface area contributed by atoms with Crippen molar-refractivity contribution in [1.82, 2.24) is 0 Å². The minimum Gasteiger partial charge on any atom is -0.306 e. The van der Waals surface area contributed by atoms with Gasteiger partial charge in [-0.3, -0.25) is 0 Å². The molecule has 99 heavy (non-hydrogen) atoms. The van der Waals surface area contributed by atoms with Gasteiger partial charge in [-0.15, -0.1) is 0 Å². The Morgan fingerprint density at radius 3 is 0.859 bits per heavy atom. The van der Waals surface area contributed by atoms with Crippen LogP contribution in [-0.4, -0.2) is 0 Å². The lowest BCUT2D eigenvalue weighted by atomic mass is 9.74. The molecule has 486 valence electrons. The lowest BCUT2D eigenvalue weighted by Crippen LogP contribution is -2.31. The van der Waals surface area contributed by atoms with E-state index in [0.717, 1.165) is 102 Å². The number of anilines is 9. The minimum atomic E-state index is -0.0942. The SMILES string of the molecule is CC(C)(C)c1cc(-c2ccc3c(c2)N(c2cc(-c4ccccc4)cc(-c4ccccc4)c2)c2cc(C4c5ccccc5Cc5ccccc54)cc4c2N3c2ccc(-c3cc(C(C)(C)C)cc(C(C)(C)C)c3)cc2N4c2cc(-c3ccccc3)cc(-c3ccccc3)c2)cc(C(C)(C)C)c1. The van der Waals surface area contributed by atoms with Gasteiger partial charge >= 0.3 is 0 Å². The van der Waals surface area contributed by atoms with Crippen LogP contribution in [0.15, 0.2) is 291 Å². The molecule has 0 saturated carbocycles. The highest BCUT2D eigenvalue weighted by Gasteiger charge is 2.42. The highest BCUT2D eigenvalue weighted by atomic mass is 15.3.